The van der Waals surface area contributed by atoms with Gasteiger partial charge in [-0.15, -0.1) is 0 Å². The van der Waals surface area contributed by atoms with Crippen LogP contribution in [0.25, 0.3) is 0 Å². The Bertz CT molecular complexity index is 616. The summed E-state index contributed by atoms with van der Waals surface area (Å²) in [5, 5.41) is 0.172. The van der Waals surface area contributed by atoms with E-state index in [1.165, 1.54) is 4.90 Å². The molecule has 0 radical (unpaired) electrons. The predicted octanol–water partition coefficient (Wildman–Crippen LogP) is 3.41. The molecule has 21 heavy (non-hydrogen) atoms. The molecule has 0 atom stereocenters. The van der Waals surface area contributed by atoms with Crippen molar-refractivity contribution in [3.8, 4) is 5.19 Å². The molecule has 0 aliphatic heterocycles. The van der Waals surface area contributed by atoms with Gasteiger partial charge in [0.05, 0.1) is 0 Å². The maximum atomic E-state index is 12.0. The van der Waals surface area contributed by atoms with Crippen molar-refractivity contribution in [1.29, 1.82) is 0 Å². The highest BCUT2D eigenvalue weighted by atomic mass is 35.6. The summed E-state index contributed by atoms with van der Waals surface area (Å²) in [5.41, 5.74) is 0.769. The molecule has 9 heteroatoms. The summed E-state index contributed by atoms with van der Waals surface area (Å²) in [7, 11) is 1.66. The fourth-order valence-corrected chi connectivity index (χ4v) is 2.38. The van der Waals surface area contributed by atoms with Gasteiger partial charge >= 0.3 is 0 Å². The predicted molar refractivity (Wildman–Crippen MR) is 84.5 cm³/mol. The lowest BCUT2D eigenvalue weighted by atomic mass is 10.3. The largest absolute Gasteiger partial charge is 0.459 e. The van der Waals surface area contributed by atoms with Gasteiger partial charge in [-0.2, -0.15) is 9.36 Å². The van der Waals surface area contributed by atoms with Crippen molar-refractivity contribution in [3.05, 3.63) is 36.2 Å². The lowest BCUT2D eigenvalue weighted by Crippen LogP contribution is -2.31. The van der Waals surface area contributed by atoms with E-state index in [4.69, 9.17) is 39.5 Å². The molecule has 0 spiro atoms. The highest BCUT2D eigenvalue weighted by molar-refractivity contribution is 7.07. The number of anilines is 1. The number of likely N-dealkylation sites (N-methyl/N-ethyl adjacent to an activating group) is 1. The number of halogens is 3. The molecule has 0 saturated heterocycles. The highest BCUT2D eigenvalue weighted by Gasteiger charge is 2.28. The Kier molecular flexibility index (Phi) is 5.27. The second-order valence-electron chi connectivity index (χ2n) is 3.96. The minimum Gasteiger partial charge on any atom is -0.459 e. The summed E-state index contributed by atoms with van der Waals surface area (Å²) in [4.78, 5) is 17.4. The van der Waals surface area contributed by atoms with Crippen molar-refractivity contribution in [3.63, 3.8) is 0 Å². The average molecular weight is 367 g/mol. The summed E-state index contributed by atoms with van der Waals surface area (Å²) in [6.45, 7) is -0.181. The summed E-state index contributed by atoms with van der Waals surface area (Å²) in [6, 6.07) is 9.21. The van der Waals surface area contributed by atoms with E-state index in [1.54, 1.807) is 7.05 Å². The monoisotopic (exact) mass is 365 g/mol. The van der Waals surface area contributed by atoms with Crippen LogP contribution in [0.1, 0.15) is 5.82 Å². The first-order valence-corrected chi connectivity index (χ1v) is 7.64. The number of alkyl halides is 3. The molecular formula is C12H10Cl3N3O2S. The van der Waals surface area contributed by atoms with Gasteiger partial charge in [-0.25, -0.2) is 0 Å². The van der Waals surface area contributed by atoms with Crippen molar-refractivity contribution in [2.45, 2.75) is 3.79 Å². The van der Waals surface area contributed by atoms with E-state index in [1.807, 2.05) is 30.3 Å². The van der Waals surface area contributed by atoms with Gasteiger partial charge in [-0.3, -0.25) is 4.79 Å². The lowest BCUT2D eigenvalue weighted by molar-refractivity contribution is -0.120. The van der Waals surface area contributed by atoms with Gasteiger partial charge in [-0.1, -0.05) is 53.0 Å². The third kappa shape index (κ3) is 4.44. The fourth-order valence-electron chi connectivity index (χ4n) is 1.40. The number of ether oxygens (including phenoxy) is 1. The van der Waals surface area contributed by atoms with E-state index < -0.39 is 3.79 Å². The molecular weight excluding hydrogens is 357 g/mol. The van der Waals surface area contributed by atoms with Crippen LogP contribution in [0.15, 0.2) is 30.3 Å². The Hall–Kier alpha value is -1.08. The zero-order valence-electron chi connectivity index (χ0n) is 10.8. The van der Waals surface area contributed by atoms with E-state index in [2.05, 4.69) is 9.36 Å². The Balaban J connectivity index is 1.94. The molecule has 1 amide bonds. The molecule has 5 nitrogen and oxygen atoms in total. The number of aromatic nitrogens is 2. The number of nitrogens with zero attached hydrogens (tertiary/aromatic N) is 3. The van der Waals surface area contributed by atoms with E-state index in [-0.39, 0.29) is 23.5 Å². The van der Waals surface area contributed by atoms with Crippen LogP contribution in [0.2, 0.25) is 0 Å². The van der Waals surface area contributed by atoms with Crippen LogP contribution in [0.4, 0.5) is 5.69 Å². The first-order chi connectivity index (χ1) is 9.88. The van der Waals surface area contributed by atoms with Crippen LogP contribution in [-0.4, -0.2) is 28.9 Å². The third-order valence-corrected chi connectivity index (χ3v) is 3.63. The topological polar surface area (TPSA) is 55.3 Å². The zero-order valence-corrected chi connectivity index (χ0v) is 13.9. The smallest absolute Gasteiger partial charge is 0.293 e. The average Bonchev–Trinajstić information content (AvgIpc) is 2.94. The molecule has 0 bridgehead atoms. The van der Waals surface area contributed by atoms with E-state index in [9.17, 15) is 4.79 Å². The summed E-state index contributed by atoms with van der Waals surface area (Å²) >= 11 is 17.9. The minimum absolute atomic E-state index is 0.0244. The Morgan fingerprint density at radius 2 is 2.00 bits per heavy atom. The van der Waals surface area contributed by atoms with Crippen LogP contribution in [0, 0.1) is 0 Å². The maximum Gasteiger partial charge on any atom is 0.293 e. The molecule has 0 N–H and O–H groups in total. The molecule has 0 saturated carbocycles. The highest BCUT2D eigenvalue weighted by Crippen LogP contribution is 2.37. The molecule has 0 unspecified atom stereocenters. The number of hydrogen-bond donors (Lipinski definition) is 0. The number of para-hydroxylation sites is 1. The normalized spacial score (nSPS) is 11.2. The van der Waals surface area contributed by atoms with Gasteiger partial charge < -0.3 is 9.64 Å². The van der Waals surface area contributed by atoms with Crippen LogP contribution < -0.4 is 9.64 Å². The van der Waals surface area contributed by atoms with Gasteiger partial charge in [0.1, 0.15) is 0 Å². The lowest BCUT2D eigenvalue weighted by Gasteiger charge is -2.16. The molecule has 112 valence electrons. The Morgan fingerprint density at radius 3 is 2.57 bits per heavy atom. The number of carbonyl (C=O) groups is 1. The molecule has 1 aromatic heterocycles. The zero-order chi connectivity index (χ0) is 15.5. The number of rotatable bonds is 4. The first-order valence-electron chi connectivity index (χ1n) is 5.73. The molecule has 0 aliphatic carbocycles. The number of benzene rings is 1. The Labute approximate surface area is 140 Å². The summed E-state index contributed by atoms with van der Waals surface area (Å²) in [5.74, 6) is -0.205. The van der Waals surface area contributed by atoms with Crippen LogP contribution >= 0.6 is 46.3 Å². The van der Waals surface area contributed by atoms with Gasteiger partial charge in [0, 0.05) is 24.3 Å². The standard InChI is InChI=1S/C12H10Cl3N3O2S/c1-18(8-5-3-2-4-6-8)9(19)7-20-11-16-10(17-21-11)12(13,14)15/h2-6H,7H2,1H3. The van der Waals surface area contributed by atoms with Crippen molar-refractivity contribution in [2.24, 2.45) is 0 Å². The SMILES string of the molecule is CN(C(=O)COc1nc(C(Cl)(Cl)Cl)ns1)c1ccccc1. The molecule has 2 rings (SSSR count). The third-order valence-electron chi connectivity index (χ3n) is 2.50. The van der Waals surface area contributed by atoms with Crippen LogP contribution in [-0.2, 0) is 8.59 Å². The van der Waals surface area contributed by atoms with E-state index >= 15 is 0 Å². The Morgan fingerprint density at radius 1 is 1.33 bits per heavy atom. The maximum absolute atomic E-state index is 12.0. The summed E-state index contributed by atoms with van der Waals surface area (Å²) < 4.78 is 7.41. The van der Waals surface area contributed by atoms with Gasteiger partial charge in [-0.05, 0) is 12.1 Å². The molecule has 1 aromatic carbocycles. The van der Waals surface area contributed by atoms with Crippen molar-refractivity contribution >= 4 is 57.9 Å². The summed E-state index contributed by atoms with van der Waals surface area (Å²) in [6.07, 6.45) is 0. The second-order valence-corrected chi connectivity index (χ2v) is 6.95. The van der Waals surface area contributed by atoms with Gasteiger partial charge in [0.15, 0.2) is 12.4 Å². The van der Waals surface area contributed by atoms with Gasteiger partial charge in [0.25, 0.3) is 14.9 Å². The molecule has 0 fully saturated rings. The fraction of sp³-hybridized carbons (Fsp3) is 0.250. The van der Waals surface area contributed by atoms with Crippen LogP contribution in [0.3, 0.4) is 0 Å². The second kappa shape index (κ2) is 6.79. The molecule has 1 heterocycles. The number of amides is 1. The van der Waals surface area contributed by atoms with Crippen molar-refractivity contribution < 1.29 is 9.53 Å². The quantitative estimate of drug-likeness (QED) is 0.778. The minimum atomic E-state index is -1.71. The van der Waals surface area contributed by atoms with Crippen LogP contribution in [0.5, 0.6) is 5.19 Å². The molecule has 2 aromatic rings. The number of carbonyl (C=O) groups excluding carboxylic acids is 1. The number of hydrogen-bond acceptors (Lipinski definition) is 5. The first kappa shape index (κ1) is 16.3. The van der Waals surface area contributed by atoms with E-state index in [0.29, 0.717) is 0 Å². The molecule has 0 aliphatic rings. The van der Waals surface area contributed by atoms with Crippen molar-refractivity contribution in [1.82, 2.24) is 9.36 Å². The van der Waals surface area contributed by atoms with E-state index in [0.717, 1.165) is 17.2 Å². The van der Waals surface area contributed by atoms with Gasteiger partial charge in [0.2, 0.25) is 0 Å². The van der Waals surface area contributed by atoms with Crippen molar-refractivity contribution in [2.75, 3.05) is 18.6 Å².